The van der Waals surface area contributed by atoms with Crippen LogP contribution in [0, 0.1) is 6.92 Å². The second-order valence-corrected chi connectivity index (χ2v) is 4.23. The van der Waals surface area contributed by atoms with Gasteiger partial charge >= 0.3 is 0 Å². The van der Waals surface area contributed by atoms with Crippen molar-refractivity contribution in [1.29, 1.82) is 0 Å². The van der Waals surface area contributed by atoms with Crippen LogP contribution >= 0.6 is 0 Å². The molecule has 0 bridgehead atoms. The van der Waals surface area contributed by atoms with Gasteiger partial charge in [0, 0.05) is 18.8 Å². The monoisotopic (exact) mass is 238 g/mol. The van der Waals surface area contributed by atoms with Crippen LogP contribution in [0.2, 0.25) is 0 Å². The molecule has 17 heavy (non-hydrogen) atoms. The number of likely N-dealkylation sites (N-methyl/N-ethyl adjacent to an activating group) is 1. The van der Waals surface area contributed by atoms with E-state index in [0.29, 0.717) is 18.8 Å². The number of rotatable bonds is 7. The Morgan fingerprint density at radius 3 is 2.82 bits per heavy atom. The van der Waals surface area contributed by atoms with Crippen molar-refractivity contribution in [2.75, 3.05) is 51.4 Å². The van der Waals surface area contributed by atoms with Crippen molar-refractivity contribution in [2.45, 2.75) is 6.92 Å². The fourth-order valence-electron chi connectivity index (χ4n) is 1.30. The van der Waals surface area contributed by atoms with Gasteiger partial charge in [-0.3, -0.25) is 0 Å². The van der Waals surface area contributed by atoms with Crippen LogP contribution in [-0.2, 0) is 4.74 Å². The molecule has 0 unspecified atom stereocenters. The van der Waals surface area contributed by atoms with Crippen LogP contribution in [0.25, 0.3) is 0 Å². The Balaban J connectivity index is 2.20. The van der Waals surface area contributed by atoms with Crippen molar-refractivity contribution in [2.24, 2.45) is 0 Å². The summed E-state index contributed by atoms with van der Waals surface area (Å²) >= 11 is 0. The van der Waals surface area contributed by atoms with Gasteiger partial charge in [0.2, 0.25) is 0 Å². The van der Waals surface area contributed by atoms with Crippen LogP contribution < -0.4 is 11.1 Å². The summed E-state index contributed by atoms with van der Waals surface area (Å²) in [6.07, 6.45) is 0. The van der Waals surface area contributed by atoms with E-state index < -0.39 is 0 Å². The Kier molecular flexibility index (Phi) is 5.72. The van der Waals surface area contributed by atoms with Crippen molar-refractivity contribution in [3.05, 3.63) is 17.8 Å². The summed E-state index contributed by atoms with van der Waals surface area (Å²) in [6, 6.07) is 3.76. The van der Waals surface area contributed by atoms with Crippen LogP contribution in [0.5, 0.6) is 0 Å². The van der Waals surface area contributed by atoms with E-state index in [1.807, 2.05) is 33.2 Å². The van der Waals surface area contributed by atoms with Gasteiger partial charge in [-0.2, -0.15) is 0 Å². The van der Waals surface area contributed by atoms with Crippen molar-refractivity contribution in [3.63, 3.8) is 0 Å². The SMILES string of the molecule is Cc1ccc(N)c(NCCOCCN(C)C)n1. The number of nitrogens with zero attached hydrogens (tertiary/aromatic N) is 2. The van der Waals surface area contributed by atoms with E-state index in [4.69, 9.17) is 10.5 Å². The maximum absolute atomic E-state index is 5.80. The fraction of sp³-hybridized carbons (Fsp3) is 0.583. The first kappa shape index (κ1) is 13.7. The molecule has 1 aromatic heterocycles. The molecule has 0 saturated heterocycles. The standard InChI is InChI=1S/C12H22N4O/c1-10-4-5-11(13)12(15-10)14-6-8-17-9-7-16(2)3/h4-5H,6-9,13H2,1-3H3,(H,14,15). The summed E-state index contributed by atoms with van der Waals surface area (Å²) in [5.74, 6) is 0.737. The molecule has 0 fully saturated rings. The summed E-state index contributed by atoms with van der Waals surface area (Å²) < 4.78 is 5.46. The van der Waals surface area contributed by atoms with Gasteiger partial charge in [-0.1, -0.05) is 0 Å². The second kappa shape index (κ2) is 7.09. The maximum atomic E-state index is 5.80. The second-order valence-electron chi connectivity index (χ2n) is 4.23. The molecule has 0 aliphatic heterocycles. The topological polar surface area (TPSA) is 63.4 Å². The Hall–Kier alpha value is -1.33. The summed E-state index contributed by atoms with van der Waals surface area (Å²) in [7, 11) is 4.05. The van der Waals surface area contributed by atoms with E-state index in [1.165, 1.54) is 0 Å². The van der Waals surface area contributed by atoms with Gasteiger partial charge in [0.1, 0.15) is 5.82 Å². The fourth-order valence-corrected chi connectivity index (χ4v) is 1.30. The molecule has 96 valence electrons. The normalized spacial score (nSPS) is 10.8. The number of aryl methyl sites for hydroxylation is 1. The largest absolute Gasteiger partial charge is 0.396 e. The van der Waals surface area contributed by atoms with Crippen LogP contribution in [0.4, 0.5) is 11.5 Å². The summed E-state index contributed by atoms with van der Waals surface area (Å²) in [5.41, 5.74) is 7.42. The van der Waals surface area contributed by atoms with E-state index in [-0.39, 0.29) is 0 Å². The van der Waals surface area contributed by atoms with Crippen molar-refractivity contribution in [1.82, 2.24) is 9.88 Å². The number of hydrogen-bond donors (Lipinski definition) is 2. The number of nitrogens with one attached hydrogen (secondary N) is 1. The minimum Gasteiger partial charge on any atom is -0.396 e. The highest BCUT2D eigenvalue weighted by Gasteiger charge is 1.99. The average Bonchev–Trinajstić information content (AvgIpc) is 2.27. The van der Waals surface area contributed by atoms with Gasteiger partial charge in [0.05, 0.1) is 18.9 Å². The Labute approximate surface area is 103 Å². The van der Waals surface area contributed by atoms with Gasteiger partial charge in [-0.15, -0.1) is 0 Å². The van der Waals surface area contributed by atoms with Crippen LogP contribution in [-0.4, -0.2) is 50.3 Å². The van der Waals surface area contributed by atoms with Gasteiger partial charge < -0.3 is 20.7 Å². The molecule has 1 aromatic rings. The highest BCUT2D eigenvalue weighted by atomic mass is 16.5. The van der Waals surface area contributed by atoms with Crippen molar-refractivity contribution < 1.29 is 4.74 Å². The van der Waals surface area contributed by atoms with E-state index in [9.17, 15) is 0 Å². The molecule has 0 spiro atoms. The lowest BCUT2D eigenvalue weighted by Crippen LogP contribution is -2.20. The molecular weight excluding hydrogens is 216 g/mol. The number of nitrogen functional groups attached to an aromatic ring is 1. The van der Waals surface area contributed by atoms with Crippen LogP contribution in [0.15, 0.2) is 12.1 Å². The van der Waals surface area contributed by atoms with Crippen LogP contribution in [0.3, 0.4) is 0 Å². The number of anilines is 2. The highest BCUT2D eigenvalue weighted by molar-refractivity contribution is 5.61. The minimum absolute atomic E-state index is 0.656. The number of aromatic nitrogens is 1. The molecule has 0 saturated carbocycles. The smallest absolute Gasteiger partial charge is 0.149 e. The number of pyridine rings is 1. The number of nitrogens with two attached hydrogens (primary N) is 1. The van der Waals surface area contributed by atoms with E-state index in [0.717, 1.165) is 24.7 Å². The van der Waals surface area contributed by atoms with E-state index >= 15 is 0 Å². The molecule has 5 heteroatoms. The molecule has 1 heterocycles. The predicted molar refractivity (Wildman–Crippen MR) is 71.2 cm³/mol. The first-order valence-electron chi connectivity index (χ1n) is 5.79. The third-order valence-corrected chi connectivity index (χ3v) is 2.29. The van der Waals surface area contributed by atoms with Gasteiger partial charge in [-0.05, 0) is 33.2 Å². The maximum Gasteiger partial charge on any atom is 0.149 e. The quantitative estimate of drug-likeness (QED) is 0.693. The summed E-state index contributed by atoms with van der Waals surface area (Å²) in [6.45, 7) is 4.99. The van der Waals surface area contributed by atoms with Crippen LogP contribution in [0.1, 0.15) is 5.69 Å². The molecule has 0 atom stereocenters. The number of hydrogen-bond acceptors (Lipinski definition) is 5. The zero-order valence-electron chi connectivity index (χ0n) is 10.9. The van der Waals surface area contributed by atoms with Crippen molar-refractivity contribution in [3.8, 4) is 0 Å². The van der Waals surface area contributed by atoms with E-state index in [1.54, 1.807) is 0 Å². The highest BCUT2D eigenvalue weighted by Crippen LogP contribution is 2.14. The summed E-state index contributed by atoms with van der Waals surface area (Å²) in [4.78, 5) is 6.41. The third-order valence-electron chi connectivity index (χ3n) is 2.29. The third kappa shape index (κ3) is 5.51. The molecule has 0 aliphatic rings. The molecule has 5 nitrogen and oxygen atoms in total. The van der Waals surface area contributed by atoms with Gasteiger partial charge in [0.25, 0.3) is 0 Å². The molecule has 0 radical (unpaired) electrons. The molecule has 3 N–H and O–H groups in total. The molecule has 0 aliphatic carbocycles. The lowest BCUT2D eigenvalue weighted by atomic mass is 10.3. The first-order valence-corrected chi connectivity index (χ1v) is 5.79. The first-order chi connectivity index (χ1) is 8.09. The van der Waals surface area contributed by atoms with Gasteiger partial charge in [0.15, 0.2) is 0 Å². The minimum atomic E-state index is 0.656. The molecule has 1 rings (SSSR count). The zero-order chi connectivity index (χ0) is 12.7. The lowest BCUT2D eigenvalue weighted by Gasteiger charge is -2.11. The summed E-state index contributed by atoms with van der Waals surface area (Å²) in [5, 5.41) is 3.17. The lowest BCUT2D eigenvalue weighted by molar-refractivity contribution is 0.126. The molecule has 0 aromatic carbocycles. The Morgan fingerprint density at radius 1 is 1.35 bits per heavy atom. The number of ether oxygens (including phenoxy) is 1. The van der Waals surface area contributed by atoms with E-state index in [2.05, 4.69) is 15.2 Å². The Bertz CT molecular complexity index is 341. The van der Waals surface area contributed by atoms with Crippen molar-refractivity contribution >= 4 is 11.5 Å². The molecule has 0 amide bonds. The van der Waals surface area contributed by atoms with Gasteiger partial charge in [-0.25, -0.2) is 4.98 Å². The molecular formula is C12H22N4O. The predicted octanol–water partition coefficient (Wildman–Crippen LogP) is 0.962. The average molecular weight is 238 g/mol. The Morgan fingerprint density at radius 2 is 2.12 bits per heavy atom. The zero-order valence-corrected chi connectivity index (χ0v) is 10.9.